The molecular weight excluding hydrogens is 214 g/mol. The van der Waals surface area contributed by atoms with E-state index in [2.05, 4.69) is 0 Å². The van der Waals surface area contributed by atoms with Gasteiger partial charge in [-0.3, -0.25) is 0 Å². The molecule has 1 aliphatic carbocycles. The standard InChI is InChI=1S/C10H19NO3S/c11-9(10(12)3-1-2-4-10)5-7-15(13,14)8-6-9/h12H,1-8,11H2. The number of aliphatic hydroxyl groups is 1. The zero-order valence-electron chi connectivity index (χ0n) is 8.91. The second-order valence-corrected chi connectivity index (χ2v) is 7.35. The molecule has 2 aliphatic rings. The highest BCUT2D eigenvalue weighted by atomic mass is 32.2. The zero-order chi connectivity index (χ0) is 11.2. The topological polar surface area (TPSA) is 80.4 Å². The van der Waals surface area contributed by atoms with Crippen molar-refractivity contribution in [3.8, 4) is 0 Å². The zero-order valence-corrected chi connectivity index (χ0v) is 9.72. The summed E-state index contributed by atoms with van der Waals surface area (Å²) >= 11 is 0. The highest BCUT2D eigenvalue weighted by Gasteiger charge is 2.51. The van der Waals surface area contributed by atoms with Crippen LogP contribution < -0.4 is 5.73 Å². The van der Waals surface area contributed by atoms with E-state index in [1.807, 2.05) is 0 Å². The molecule has 0 aromatic carbocycles. The molecule has 0 radical (unpaired) electrons. The number of rotatable bonds is 1. The highest BCUT2D eigenvalue weighted by Crippen LogP contribution is 2.42. The summed E-state index contributed by atoms with van der Waals surface area (Å²) in [4.78, 5) is 0. The van der Waals surface area contributed by atoms with Gasteiger partial charge < -0.3 is 10.8 Å². The number of nitrogens with two attached hydrogens (primary N) is 1. The number of hydrogen-bond donors (Lipinski definition) is 2. The maximum atomic E-state index is 11.3. The molecule has 2 rings (SSSR count). The molecule has 5 heteroatoms. The van der Waals surface area contributed by atoms with Gasteiger partial charge in [-0.1, -0.05) is 12.8 Å². The van der Waals surface area contributed by atoms with Crippen LogP contribution in [-0.2, 0) is 9.84 Å². The Morgan fingerprint density at radius 1 is 1.00 bits per heavy atom. The molecule has 0 spiro atoms. The lowest BCUT2D eigenvalue weighted by atomic mass is 9.75. The Kier molecular flexibility index (Phi) is 2.60. The third kappa shape index (κ3) is 1.92. The molecule has 88 valence electrons. The summed E-state index contributed by atoms with van der Waals surface area (Å²) in [6, 6.07) is 0. The van der Waals surface area contributed by atoms with Crippen LogP contribution in [0.2, 0.25) is 0 Å². The van der Waals surface area contributed by atoms with E-state index in [1.54, 1.807) is 0 Å². The smallest absolute Gasteiger partial charge is 0.150 e. The van der Waals surface area contributed by atoms with Gasteiger partial charge in [-0.05, 0) is 25.7 Å². The molecule has 0 atom stereocenters. The first kappa shape index (κ1) is 11.4. The van der Waals surface area contributed by atoms with Crippen molar-refractivity contribution >= 4 is 9.84 Å². The summed E-state index contributed by atoms with van der Waals surface area (Å²) in [5, 5.41) is 10.4. The second-order valence-electron chi connectivity index (χ2n) is 5.05. The minimum Gasteiger partial charge on any atom is -0.388 e. The fourth-order valence-corrected chi connectivity index (χ4v) is 4.38. The van der Waals surface area contributed by atoms with Crippen molar-refractivity contribution < 1.29 is 13.5 Å². The van der Waals surface area contributed by atoms with Crippen LogP contribution in [0, 0.1) is 0 Å². The third-order valence-corrected chi connectivity index (χ3v) is 5.73. The maximum Gasteiger partial charge on any atom is 0.150 e. The summed E-state index contributed by atoms with van der Waals surface area (Å²) in [6.07, 6.45) is 4.27. The van der Waals surface area contributed by atoms with Gasteiger partial charge in [0.2, 0.25) is 0 Å². The molecular formula is C10H19NO3S. The average Bonchev–Trinajstić information content (AvgIpc) is 2.60. The van der Waals surface area contributed by atoms with E-state index < -0.39 is 21.0 Å². The molecule has 3 N–H and O–H groups in total. The molecule has 2 fully saturated rings. The largest absolute Gasteiger partial charge is 0.388 e. The molecule has 0 aromatic heterocycles. The molecule has 1 saturated carbocycles. The van der Waals surface area contributed by atoms with Crippen molar-refractivity contribution in [1.82, 2.24) is 0 Å². The number of hydrogen-bond acceptors (Lipinski definition) is 4. The maximum absolute atomic E-state index is 11.3. The van der Waals surface area contributed by atoms with Gasteiger partial charge in [0.25, 0.3) is 0 Å². The van der Waals surface area contributed by atoms with E-state index >= 15 is 0 Å². The van der Waals surface area contributed by atoms with Gasteiger partial charge in [-0.15, -0.1) is 0 Å². The molecule has 4 nitrogen and oxygen atoms in total. The van der Waals surface area contributed by atoms with Crippen molar-refractivity contribution in [2.75, 3.05) is 11.5 Å². The Bertz CT molecular complexity index is 330. The Morgan fingerprint density at radius 2 is 1.47 bits per heavy atom. The summed E-state index contributed by atoms with van der Waals surface area (Å²) in [7, 11) is -2.90. The number of sulfone groups is 1. The lowest BCUT2D eigenvalue weighted by Gasteiger charge is -2.45. The quantitative estimate of drug-likeness (QED) is 0.678. The lowest BCUT2D eigenvalue weighted by Crippen LogP contribution is -2.62. The Morgan fingerprint density at radius 3 is 1.93 bits per heavy atom. The molecule has 0 bridgehead atoms. The van der Waals surface area contributed by atoms with Crippen LogP contribution >= 0.6 is 0 Å². The first-order chi connectivity index (χ1) is 6.87. The Labute approximate surface area is 90.8 Å². The highest BCUT2D eigenvalue weighted by molar-refractivity contribution is 7.91. The van der Waals surface area contributed by atoms with Crippen molar-refractivity contribution in [3.63, 3.8) is 0 Å². The first-order valence-corrected chi connectivity index (χ1v) is 7.41. The molecule has 1 heterocycles. The van der Waals surface area contributed by atoms with Crippen molar-refractivity contribution in [2.45, 2.75) is 49.7 Å². The van der Waals surface area contributed by atoms with Gasteiger partial charge in [-0.2, -0.15) is 0 Å². The fourth-order valence-electron chi connectivity index (χ4n) is 2.83. The van der Waals surface area contributed by atoms with Crippen LogP contribution in [-0.4, -0.2) is 36.2 Å². The minimum atomic E-state index is -2.90. The van der Waals surface area contributed by atoms with E-state index in [1.165, 1.54) is 0 Å². The van der Waals surface area contributed by atoms with Crippen LogP contribution in [0.1, 0.15) is 38.5 Å². The van der Waals surface area contributed by atoms with Gasteiger partial charge in [0, 0.05) is 5.54 Å². The fraction of sp³-hybridized carbons (Fsp3) is 1.00. The van der Waals surface area contributed by atoms with Gasteiger partial charge in [0.05, 0.1) is 17.1 Å². The summed E-state index contributed by atoms with van der Waals surface area (Å²) in [6.45, 7) is 0. The molecule has 0 unspecified atom stereocenters. The average molecular weight is 233 g/mol. The second kappa shape index (κ2) is 3.43. The van der Waals surface area contributed by atoms with Gasteiger partial charge in [0.15, 0.2) is 0 Å². The van der Waals surface area contributed by atoms with Crippen molar-refractivity contribution in [3.05, 3.63) is 0 Å². The summed E-state index contributed by atoms with van der Waals surface area (Å²) in [5.41, 5.74) is 4.72. The van der Waals surface area contributed by atoms with E-state index in [0.717, 1.165) is 25.7 Å². The van der Waals surface area contributed by atoms with Gasteiger partial charge in [-0.25, -0.2) is 8.42 Å². The Hall–Kier alpha value is -0.130. The van der Waals surface area contributed by atoms with Crippen LogP contribution in [0.4, 0.5) is 0 Å². The van der Waals surface area contributed by atoms with Crippen LogP contribution in [0.25, 0.3) is 0 Å². The Balaban J connectivity index is 2.15. The third-order valence-electron chi connectivity index (χ3n) is 4.08. The molecule has 15 heavy (non-hydrogen) atoms. The minimum absolute atomic E-state index is 0.131. The predicted molar refractivity (Wildman–Crippen MR) is 58.2 cm³/mol. The van der Waals surface area contributed by atoms with Crippen LogP contribution in [0.5, 0.6) is 0 Å². The van der Waals surface area contributed by atoms with Crippen LogP contribution in [0.3, 0.4) is 0 Å². The van der Waals surface area contributed by atoms with E-state index in [0.29, 0.717) is 12.8 Å². The monoisotopic (exact) mass is 233 g/mol. The summed E-state index contributed by atoms with van der Waals surface area (Å²) < 4.78 is 22.6. The first-order valence-electron chi connectivity index (χ1n) is 5.59. The molecule has 0 amide bonds. The van der Waals surface area contributed by atoms with E-state index in [9.17, 15) is 13.5 Å². The molecule has 1 saturated heterocycles. The normalized spacial score (nSPS) is 32.7. The van der Waals surface area contributed by atoms with Crippen molar-refractivity contribution in [2.24, 2.45) is 5.73 Å². The van der Waals surface area contributed by atoms with Gasteiger partial charge >= 0.3 is 0 Å². The van der Waals surface area contributed by atoms with E-state index in [4.69, 9.17) is 5.73 Å². The SMILES string of the molecule is NC1(C2(O)CCCC2)CCS(=O)(=O)CC1. The van der Waals surface area contributed by atoms with Gasteiger partial charge in [0.1, 0.15) is 9.84 Å². The lowest BCUT2D eigenvalue weighted by molar-refractivity contribution is -0.0347. The predicted octanol–water partition coefficient (Wildman–Crippen LogP) is 0.198. The van der Waals surface area contributed by atoms with Crippen LogP contribution in [0.15, 0.2) is 0 Å². The molecule has 0 aromatic rings. The van der Waals surface area contributed by atoms with Crippen molar-refractivity contribution in [1.29, 1.82) is 0 Å². The van der Waals surface area contributed by atoms with E-state index in [-0.39, 0.29) is 11.5 Å². The molecule has 1 aliphatic heterocycles. The summed E-state index contributed by atoms with van der Waals surface area (Å²) in [5.74, 6) is 0.262.